The van der Waals surface area contributed by atoms with Gasteiger partial charge in [0.15, 0.2) is 0 Å². The van der Waals surface area contributed by atoms with E-state index < -0.39 is 0 Å². The SMILES string of the molecule is c1ccc2c(c1)CC(CNCC1CC3CCC1C3)S2. The van der Waals surface area contributed by atoms with Crippen LogP contribution < -0.4 is 5.32 Å². The summed E-state index contributed by atoms with van der Waals surface area (Å²) < 4.78 is 0. The van der Waals surface area contributed by atoms with Gasteiger partial charge in [0.25, 0.3) is 0 Å². The van der Waals surface area contributed by atoms with Crippen LogP contribution in [0.2, 0.25) is 0 Å². The van der Waals surface area contributed by atoms with Crippen LogP contribution in [0.15, 0.2) is 29.2 Å². The summed E-state index contributed by atoms with van der Waals surface area (Å²) in [6.07, 6.45) is 7.34. The molecule has 4 rings (SSSR count). The van der Waals surface area contributed by atoms with Gasteiger partial charge in [0.2, 0.25) is 0 Å². The number of benzene rings is 1. The van der Waals surface area contributed by atoms with E-state index in [-0.39, 0.29) is 0 Å². The van der Waals surface area contributed by atoms with Crippen molar-refractivity contribution in [3.8, 4) is 0 Å². The Balaban J connectivity index is 1.24. The second-order valence-corrected chi connectivity index (χ2v) is 7.99. The van der Waals surface area contributed by atoms with E-state index in [1.54, 1.807) is 5.56 Å². The predicted molar refractivity (Wildman–Crippen MR) is 81.6 cm³/mol. The van der Waals surface area contributed by atoms with Gasteiger partial charge in [-0.3, -0.25) is 0 Å². The molecule has 1 aliphatic heterocycles. The van der Waals surface area contributed by atoms with Gasteiger partial charge >= 0.3 is 0 Å². The van der Waals surface area contributed by atoms with Gasteiger partial charge in [0, 0.05) is 16.7 Å². The predicted octanol–water partition coefficient (Wildman–Crippen LogP) is 3.73. The average molecular weight is 273 g/mol. The van der Waals surface area contributed by atoms with Crippen LogP contribution in [-0.4, -0.2) is 18.3 Å². The molecule has 102 valence electrons. The van der Waals surface area contributed by atoms with Gasteiger partial charge in [-0.05, 0) is 61.6 Å². The highest BCUT2D eigenvalue weighted by atomic mass is 32.2. The minimum absolute atomic E-state index is 0.760. The molecule has 1 N–H and O–H groups in total. The highest BCUT2D eigenvalue weighted by molar-refractivity contribution is 8.00. The molecule has 0 spiro atoms. The molecule has 4 atom stereocenters. The lowest BCUT2D eigenvalue weighted by molar-refractivity contribution is 0.319. The number of thioether (sulfide) groups is 1. The maximum absolute atomic E-state index is 3.77. The van der Waals surface area contributed by atoms with Crippen molar-refractivity contribution >= 4 is 11.8 Å². The molecule has 1 nitrogen and oxygen atoms in total. The Bertz CT molecular complexity index is 433. The molecule has 2 heteroatoms. The summed E-state index contributed by atoms with van der Waals surface area (Å²) in [6, 6.07) is 8.90. The highest BCUT2D eigenvalue weighted by Gasteiger charge is 2.39. The molecule has 0 amide bonds. The molecule has 1 aromatic rings. The van der Waals surface area contributed by atoms with Crippen molar-refractivity contribution in [2.75, 3.05) is 13.1 Å². The molecule has 1 aromatic carbocycles. The van der Waals surface area contributed by atoms with E-state index in [0.29, 0.717) is 0 Å². The third-order valence-corrected chi connectivity index (χ3v) is 6.70. The van der Waals surface area contributed by atoms with Gasteiger partial charge in [0.1, 0.15) is 0 Å². The van der Waals surface area contributed by atoms with Crippen molar-refractivity contribution in [1.29, 1.82) is 0 Å². The Morgan fingerprint density at radius 3 is 2.84 bits per heavy atom. The minimum Gasteiger partial charge on any atom is -0.315 e. The van der Waals surface area contributed by atoms with E-state index in [2.05, 4.69) is 41.3 Å². The zero-order valence-corrected chi connectivity index (χ0v) is 12.3. The molecule has 1 heterocycles. The van der Waals surface area contributed by atoms with Crippen molar-refractivity contribution in [2.45, 2.75) is 42.2 Å². The number of hydrogen-bond acceptors (Lipinski definition) is 2. The molecule has 2 bridgehead atoms. The van der Waals surface area contributed by atoms with Gasteiger partial charge < -0.3 is 5.32 Å². The molecular weight excluding hydrogens is 250 g/mol. The average Bonchev–Trinajstić information content (AvgIpc) is 3.12. The summed E-state index contributed by atoms with van der Waals surface area (Å²) in [5.41, 5.74) is 1.55. The number of nitrogens with one attached hydrogen (secondary N) is 1. The van der Waals surface area contributed by atoms with Crippen molar-refractivity contribution in [1.82, 2.24) is 5.32 Å². The standard InChI is InChI=1S/C17H23NS/c1-2-4-17-14(3-1)9-16(19-17)11-18-10-15-8-12-5-6-13(15)7-12/h1-4,12-13,15-16,18H,5-11H2. The normalized spacial score (nSPS) is 35.8. The molecule has 2 aliphatic carbocycles. The maximum atomic E-state index is 3.77. The van der Waals surface area contributed by atoms with Crippen LogP contribution in [0.5, 0.6) is 0 Å². The topological polar surface area (TPSA) is 12.0 Å². The first-order chi connectivity index (χ1) is 9.38. The third-order valence-electron chi connectivity index (χ3n) is 5.38. The second-order valence-electron chi connectivity index (χ2n) is 6.64. The number of rotatable bonds is 4. The van der Waals surface area contributed by atoms with Crippen molar-refractivity contribution in [2.24, 2.45) is 17.8 Å². The molecule has 0 aromatic heterocycles. The van der Waals surface area contributed by atoms with Crippen LogP contribution in [0.1, 0.15) is 31.2 Å². The Morgan fingerprint density at radius 2 is 2.05 bits per heavy atom. The third kappa shape index (κ3) is 2.45. The van der Waals surface area contributed by atoms with Gasteiger partial charge in [0.05, 0.1) is 0 Å². The molecule has 2 saturated carbocycles. The fraction of sp³-hybridized carbons (Fsp3) is 0.647. The van der Waals surface area contributed by atoms with Crippen LogP contribution in [0.25, 0.3) is 0 Å². The molecule has 0 saturated heterocycles. The minimum atomic E-state index is 0.760. The fourth-order valence-corrected chi connectivity index (χ4v) is 5.71. The fourth-order valence-electron chi connectivity index (χ4n) is 4.42. The van der Waals surface area contributed by atoms with E-state index in [9.17, 15) is 0 Å². The van der Waals surface area contributed by atoms with Crippen molar-refractivity contribution < 1.29 is 0 Å². The molecule has 3 aliphatic rings. The Morgan fingerprint density at radius 1 is 1.11 bits per heavy atom. The zero-order valence-electron chi connectivity index (χ0n) is 11.5. The van der Waals surface area contributed by atoms with Crippen molar-refractivity contribution in [3.05, 3.63) is 29.8 Å². The first kappa shape index (κ1) is 12.3. The summed E-state index contributed by atoms with van der Waals surface area (Å²) in [6.45, 7) is 2.46. The molecule has 19 heavy (non-hydrogen) atoms. The summed E-state index contributed by atoms with van der Waals surface area (Å²) >= 11 is 2.07. The molecule has 0 radical (unpaired) electrons. The number of hydrogen-bond donors (Lipinski definition) is 1. The van der Waals surface area contributed by atoms with E-state index in [1.165, 1.54) is 50.1 Å². The summed E-state index contributed by atoms with van der Waals surface area (Å²) in [5, 5.41) is 4.53. The maximum Gasteiger partial charge on any atom is 0.0260 e. The van der Waals surface area contributed by atoms with E-state index >= 15 is 0 Å². The summed E-state index contributed by atoms with van der Waals surface area (Å²) in [7, 11) is 0. The lowest BCUT2D eigenvalue weighted by Crippen LogP contribution is -2.31. The van der Waals surface area contributed by atoms with Gasteiger partial charge in [-0.25, -0.2) is 0 Å². The van der Waals surface area contributed by atoms with E-state index in [1.807, 2.05) is 0 Å². The van der Waals surface area contributed by atoms with Crippen LogP contribution >= 0.6 is 11.8 Å². The first-order valence-corrected chi connectivity index (χ1v) is 8.72. The van der Waals surface area contributed by atoms with Gasteiger partial charge in [-0.15, -0.1) is 11.8 Å². The lowest BCUT2D eigenvalue weighted by atomic mass is 9.89. The van der Waals surface area contributed by atoms with Crippen LogP contribution in [-0.2, 0) is 6.42 Å². The quantitative estimate of drug-likeness (QED) is 0.897. The Labute approximate surface area is 120 Å². The monoisotopic (exact) mass is 273 g/mol. The second kappa shape index (κ2) is 5.14. The van der Waals surface area contributed by atoms with Crippen LogP contribution in [0, 0.1) is 17.8 Å². The van der Waals surface area contributed by atoms with Gasteiger partial charge in [-0.2, -0.15) is 0 Å². The zero-order chi connectivity index (χ0) is 12.7. The van der Waals surface area contributed by atoms with E-state index in [0.717, 1.165) is 23.0 Å². The largest absolute Gasteiger partial charge is 0.315 e. The van der Waals surface area contributed by atoms with Crippen LogP contribution in [0.4, 0.5) is 0 Å². The van der Waals surface area contributed by atoms with Gasteiger partial charge in [-0.1, -0.05) is 24.6 Å². The molecule has 4 unspecified atom stereocenters. The Hall–Kier alpha value is -0.470. The van der Waals surface area contributed by atoms with Crippen LogP contribution in [0.3, 0.4) is 0 Å². The number of fused-ring (bicyclic) bond motifs is 3. The molecule has 2 fully saturated rings. The lowest BCUT2D eigenvalue weighted by Gasteiger charge is -2.22. The Kier molecular flexibility index (Phi) is 3.32. The summed E-state index contributed by atoms with van der Waals surface area (Å²) in [5.74, 6) is 3.14. The van der Waals surface area contributed by atoms with E-state index in [4.69, 9.17) is 0 Å². The highest BCUT2D eigenvalue weighted by Crippen LogP contribution is 2.48. The summed E-state index contributed by atoms with van der Waals surface area (Å²) in [4.78, 5) is 1.51. The molecular formula is C17H23NS. The van der Waals surface area contributed by atoms with Crippen molar-refractivity contribution in [3.63, 3.8) is 0 Å². The first-order valence-electron chi connectivity index (χ1n) is 7.84. The smallest absolute Gasteiger partial charge is 0.0260 e.